The van der Waals surface area contributed by atoms with E-state index in [2.05, 4.69) is 20.8 Å². The fourth-order valence-electron chi connectivity index (χ4n) is 4.11. The van der Waals surface area contributed by atoms with Crippen LogP contribution in [0.1, 0.15) is 27.3 Å². The number of carbonyl (C=O) groups is 2. The van der Waals surface area contributed by atoms with Crippen molar-refractivity contribution in [1.29, 1.82) is 0 Å². The van der Waals surface area contributed by atoms with Crippen LogP contribution in [-0.2, 0) is 11.3 Å². The van der Waals surface area contributed by atoms with Crippen molar-refractivity contribution in [2.75, 3.05) is 39.5 Å². The number of hydrogen-bond acceptors (Lipinski definition) is 9. The third-order valence-corrected chi connectivity index (χ3v) is 7.28. The second-order valence-electron chi connectivity index (χ2n) is 9.21. The lowest BCUT2D eigenvalue weighted by Gasteiger charge is -2.16. The number of anilines is 1. The molecule has 1 heterocycles. The molecule has 2 N–H and O–H groups in total. The van der Waals surface area contributed by atoms with Gasteiger partial charge in [0.1, 0.15) is 23.0 Å². The predicted octanol–water partition coefficient (Wildman–Crippen LogP) is 4.58. The summed E-state index contributed by atoms with van der Waals surface area (Å²) in [5.41, 5.74) is 3.72. The molecule has 220 valence electrons. The third-order valence-electron chi connectivity index (χ3n) is 6.35. The van der Waals surface area contributed by atoms with E-state index < -0.39 is 0 Å². The summed E-state index contributed by atoms with van der Waals surface area (Å²) in [6.07, 6.45) is 0. The van der Waals surface area contributed by atoms with Crippen LogP contribution in [0, 0.1) is 13.8 Å². The molecule has 0 aliphatic heterocycles. The van der Waals surface area contributed by atoms with Gasteiger partial charge in [0.05, 0.1) is 46.4 Å². The number of amides is 2. The number of nitrogens with one attached hydrogen (secondary N) is 2. The molecule has 3 aromatic carbocycles. The molecule has 1 aromatic heterocycles. The highest BCUT2D eigenvalue weighted by Gasteiger charge is 2.21. The Morgan fingerprint density at radius 2 is 1.55 bits per heavy atom. The lowest BCUT2D eigenvalue weighted by molar-refractivity contribution is -0.113. The van der Waals surface area contributed by atoms with Gasteiger partial charge in [0.2, 0.25) is 5.91 Å². The quantitative estimate of drug-likeness (QED) is 0.228. The Morgan fingerprint density at radius 3 is 2.21 bits per heavy atom. The summed E-state index contributed by atoms with van der Waals surface area (Å²) in [6, 6.07) is 16.1. The van der Waals surface area contributed by atoms with Gasteiger partial charge in [0, 0.05) is 23.4 Å². The minimum atomic E-state index is -0.360. The molecule has 0 unspecified atom stereocenters. The zero-order chi connectivity index (χ0) is 30.2. The average Bonchev–Trinajstić information content (AvgIpc) is 3.42. The SMILES string of the molecule is COc1cc(OC)cc(C(=O)NCc2nnc(SCC(=O)Nc3cc(C)ccc3C)n2-c2cc(OC)ccc2OC)c1. The van der Waals surface area contributed by atoms with Crippen molar-refractivity contribution in [3.05, 3.63) is 77.1 Å². The first-order valence-corrected chi connectivity index (χ1v) is 13.9. The average molecular weight is 592 g/mol. The number of aryl methyl sites for hydroxylation is 2. The second-order valence-corrected chi connectivity index (χ2v) is 10.2. The van der Waals surface area contributed by atoms with Gasteiger partial charge >= 0.3 is 0 Å². The van der Waals surface area contributed by atoms with Crippen molar-refractivity contribution in [3.8, 4) is 28.7 Å². The van der Waals surface area contributed by atoms with E-state index in [9.17, 15) is 9.59 Å². The van der Waals surface area contributed by atoms with E-state index in [0.29, 0.717) is 45.2 Å². The lowest BCUT2D eigenvalue weighted by Crippen LogP contribution is -2.25. The molecule has 0 bridgehead atoms. The molecule has 0 spiro atoms. The molecule has 0 saturated heterocycles. The molecule has 0 aliphatic carbocycles. The maximum atomic E-state index is 13.1. The Labute approximate surface area is 248 Å². The van der Waals surface area contributed by atoms with Gasteiger partial charge < -0.3 is 29.6 Å². The molecule has 42 heavy (non-hydrogen) atoms. The number of aromatic nitrogens is 3. The van der Waals surface area contributed by atoms with Crippen molar-refractivity contribution in [2.45, 2.75) is 25.5 Å². The Morgan fingerprint density at radius 1 is 0.833 bits per heavy atom. The van der Waals surface area contributed by atoms with Gasteiger partial charge in [-0.1, -0.05) is 23.9 Å². The Kier molecular flexibility index (Phi) is 9.92. The van der Waals surface area contributed by atoms with Gasteiger partial charge in [-0.15, -0.1) is 10.2 Å². The molecular formula is C30H33N5O6S. The highest BCUT2D eigenvalue weighted by molar-refractivity contribution is 7.99. The summed E-state index contributed by atoms with van der Waals surface area (Å²) in [4.78, 5) is 26.0. The fraction of sp³-hybridized carbons (Fsp3) is 0.267. The van der Waals surface area contributed by atoms with E-state index in [4.69, 9.17) is 18.9 Å². The molecule has 0 fully saturated rings. The van der Waals surface area contributed by atoms with Crippen LogP contribution < -0.4 is 29.6 Å². The van der Waals surface area contributed by atoms with Crippen LogP contribution in [0.15, 0.2) is 59.8 Å². The maximum Gasteiger partial charge on any atom is 0.251 e. The van der Waals surface area contributed by atoms with Gasteiger partial charge in [0.25, 0.3) is 5.91 Å². The van der Waals surface area contributed by atoms with Crippen molar-refractivity contribution in [1.82, 2.24) is 20.1 Å². The summed E-state index contributed by atoms with van der Waals surface area (Å²) in [5, 5.41) is 15.0. The minimum absolute atomic E-state index is 0.0287. The molecule has 0 atom stereocenters. The summed E-state index contributed by atoms with van der Waals surface area (Å²) in [5.74, 6) is 2.03. The van der Waals surface area contributed by atoms with Crippen molar-refractivity contribution in [2.24, 2.45) is 0 Å². The normalized spacial score (nSPS) is 10.6. The third kappa shape index (κ3) is 7.13. The Hall–Kier alpha value is -4.71. The number of thioether (sulfide) groups is 1. The lowest BCUT2D eigenvalue weighted by atomic mass is 10.1. The highest BCUT2D eigenvalue weighted by atomic mass is 32.2. The number of nitrogens with zero attached hydrogens (tertiary/aromatic N) is 3. The van der Waals surface area contributed by atoms with Crippen LogP contribution >= 0.6 is 11.8 Å². The number of benzene rings is 3. The first kappa shape index (κ1) is 30.3. The van der Waals surface area contributed by atoms with E-state index >= 15 is 0 Å². The molecule has 12 heteroatoms. The van der Waals surface area contributed by atoms with Crippen molar-refractivity contribution < 1.29 is 28.5 Å². The predicted molar refractivity (Wildman–Crippen MR) is 160 cm³/mol. The van der Waals surface area contributed by atoms with Crippen LogP contribution in [0.2, 0.25) is 0 Å². The molecule has 0 aliphatic rings. The second kappa shape index (κ2) is 13.8. The fourth-order valence-corrected chi connectivity index (χ4v) is 4.87. The van der Waals surface area contributed by atoms with E-state index in [1.54, 1.807) is 55.2 Å². The smallest absolute Gasteiger partial charge is 0.251 e. The molecule has 11 nitrogen and oxygen atoms in total. The standard InChI is InChI=1S/C30H33N5O6S/c1-18-7-8-19(2)24(11-18)32-28(36)17-42-30-34-33-27(35(30)25-15-21(38-3)9-10-26(25)41-6)16-31-29(37)20-12-22(39-4)14-23(13-20)40-5/h7-15H,16-17H2,1-6H3,(H,31,37)(H,32,36). The molecule has 2 amide bonds. The van der Waals surface area contributed by atoms with Crippen LogP contribution in [0.4, 0.5) is 5.69 Å². The highest BCUT2D eigenvalue weighted by Crippen LogP contribution is 2.32. The minimum Gasteiger partial charge on any atom is -0.497 e. The number of ether oxygens (including phenoxy) is 4. The number of carbonyl (C=O) groups excluding carboxylic acids is 2. The van der Waals surface area contributed by atoms with Crippen LogP contribution in [0.25, 0.3) is 5.69 Å². The topological polar surface area (TPSA) is 126 Å². The van der Waals surface area contributed by atoms with E-state index in [1.165, 1.54) is 26.0 Å². The van der Waals surface area contributed by atoms with E-state index in [1.807, 2.05) is 32.0 Å². The van der Waals surface area contributed by atoms with E-state index in [0.717, 1.165) is 16.8 Å². The number of methoxy groups -OCH3 is 4. The zero-order valence-corrected chi connectivity index (χ0v) is 25.1. The van der Waals surface area contributed by atoms with Gasteiger partial charge in [-0.05, 0) is 55.3 Å². The first-order chi connectivity index (χ1) is 20.3. The monoisotopic (exact) mass is 591 g/mol. The van der Waals surface area contributed by atoms with Crippen LogP contribution in [0.5, 0.6) is 23.0 Å². The largest absolute Gasteiger partial charge is 0.497 e. The Balaban J connectivity index is 1.61. The molecule has 4 aromatic rings. The van der Waals surface area contributed by atoms with Crippen LogP contribution in [0.3, 0.4) is 0 Å². The van der Waals surface area contributed by atoms with Gasteiger partial charge in [-0.3, -0.25) is 14.2 Å². The van der Waals surface area contributed by atoms with Crippen LogP contribution in [-0.4, -0.2) is 60.8 Å². The van der Waals surface area contributed by atoms with Crippen molar-refractivity contribution >= 4 is 29.3 Å². The summed E-state index contributed by atoms with van der Waals surface area (Å²) >= 11 is 1.21. The Bertz CT molecular complexity index is 1570. The molecule has 0 saturated carbocycles. The zero-order valence-electron chi connectivity index (χ0n) is 24.3. The summed E-state index contributed by atoms with van der Waals surface area (Å²) < 4.78 is 23.4. The van der Waals surface area contributed by atoms with Gasteiger partial charge in [-0.25, -0.2) is 0 Å². The van der Waals surface area contributed by atoms with E-state index in [-0.39, 0.29) is 24.1 Å². The molecule has 0 radical (unpaired) electrons. The summed E-state index contributed by atoms with van der Waals surface area (Å²) in [7, 11) is 6.15. The van der Waals surface area contributed by atoms with Crippen molar-refractivity contribution in [3.63, 3.8) is 0 Å². The maximum absolute atomic E-state index is 13.1. The molecule has 4 rings (SSSR count). The summed E-state index contributed by atoms with van der Waals surface area (Å²) in [6.45, 7) is 3.94. The first-order valence-electron chi connectivity index (χ1n) is 12.9. The number of hydrogen-bond donors (Lipinski definition) is 2. The molecular weight excluding hydrogens is 558 g/mol. The van der Waals surface area contributed by atoms with Gasteiger partial charge in [-0.2, -0.15) is 0 Å². The number of rotatable bonds is 12. The van der Waals surface area contributed by atoms with Gasteiger partial charge in [0.15, 0.2) is 11.0 Å².